The van der Waals surface area contributed by atoms with Crippen LogP contribution in [0, 0.1) is 11.7 Å². The van der Waals surface area contributed by atoms with Crippen LogP contribution >= 0.6 is 0 Å². The lowest BCUT2D eigenvalue weighted by Gasteiger charge is -2.30. The van der Waals surface area contributed by atoms with Crippen molar-refractivity contribution in [1.29, 1.82) is 0 Å². The summed E-state index contributed by atoms with van der Waals surface area (Å²) in [4.78, 5) is 18.8. The Morgan fingerprint density at radius 1 is 1.21 bits per heavy atom. The first-order valence-electron chi connectivity index (χ1n) is 8.25. The molecular weight excluding hydrogens is 307 g/mol. The quantitative estimate of drug-likeness (QED) is 0.860. The minimum Gasteiger partial charge on any atom is -0.487 e. The second-order valence-corrected chi connectivity index (χ2v) is 6.23. The molecule has 1 aliphatic heterocycles. The zero-order chi connectivity index (χ0) is 16.9. The summed E-state index contributed by atoms with van der Waals surface area (Å²) in [5, 5.41) is 0. The van der Waals surface area contributed by atoms with E-state index in [9.17, 15) is 9.18 Å². The van der Waals surface area contributed by atoms with Gasteiger partial charge in [0.05, 0.1) is 5.69 Å². The molecule has 1 fully saturated rings. The molecular formula is C19H21FN2O2. The summed E-state index contributed by atoms with van der Waals surface area (Å²) < 4.78 is 18.5. The maximum Gasteiger partial charge on any atom is 0.272 e. The number of benzene rings is 1. The van der Waals surface area contributed by atoms with Crippen LogP contribution in [0.5, 0.6) is 5.75 Å². The number of pyridine rings is 1. The van der Waals surface area contributed by atoms with Gasteiger partial charge in [-0.15, -0.1) is 0 Å². The second kappa shape index (κ2) is 7.43. The normalized spacial score (nSPS) is 15.3. The second-order valence-electron chi connectivity index (χ2n) is 6.23. The number of hydrogen-bond acceptors (Lipinski definition) is 3. The third-order valence-electron chi connectivity index (χ3n) is 4.30. The van der Waals surface area contributed by atoms with Crippen molar-refractivity contribution in [2.75, 3.05) is 13.1 Å². The van der Waals surface area contributed by atoms with Crippen molar-refractivity contribution in [3.05, 3.63) is 59.7 Å². The van der Waals surface area contributed by atoms with Crippen LogP contribution in [0.2, 0.25) is 0 Å². The lowest BCUT2D eigenvalue weighted by atomic mass is 9.99. The van der Waals surface area contributed by atoms with Gasteiger partial charge in [-0.1, -0.05) is 13.0 Å². The fourth-order valence-corrected chi connectivity index (χ4v) is 2.74. The van der Waals surface area contributed by atoms with E-state index in [1.54, 1.807) is 18.2 Å². The molecule has 24 heavy (non-hydrogen) atoms. The van der Waals surface area contributed by atoms with Gasteiger partial charge >= 0.3 is 0 Å². The Balaban J connectivity index is 1.63. The van der Waals surface area contributed by atoms with E-state index in [4.69, 9.17) is 4.74 Å². The van der Waals surface area contributed by atoms with Gasteiger partial charge in [-0.3, -0.25) is 4.79 Å². The third-order valence-corrected chi connectivity index (χ3v) is 4.30. The molecule has 5 heteroatoms. The Morgan fingerprint density at radius 2 is 1.92 bits per heavy atom. The predicted octanol–water partition coefficient (Wildman–Crippen LogP) is 3.67. The smallest absolute Gasteiger partial charge is 0.272 e. The number of rotatable bonds is 4. The third kappa shape index (κ3) is 4.10. The molecule has 1 aromatic heterocycles. The number of aromatic nitrogens is 1. The number of nitrogens with zero attached hydrogens (tertiary/aromatic N) is 2. The van der Waals surface area contributed by atoms with E-state index < -0.39 is 0 Å². The number of ether oxygens (including phenoxy) is 1. The average Bonchev–Trinajstić information content (AvgIpc) is 2.61. The maximum absolute atomic E-state index is 12.9. The molecule has 0 radical (unpaired) electrons. The van der Waals surface area contributed by atoms with Crippen LogP contribution in [0.15, 0.2) is 42.5 Å². The van der Waals surface area contributed by atoms with Gasteiger partial charge in [0.1, 0.15) is 23.9 Å². The highest BCUT2D eigenvalue weighted by Gasteiger charge is 2.22. The van der Waals surface area contributed by atoms with Crippen molar-refractivity contribution in [3.63, 3.8) is 0 Å². The Kier molecular flexibility index (Phi) is 5.08. The van der Waals surface area contributed by atoms with E-state index >= 15 is 0 Å². The fourth-order valence-electron chi connectivity index (χ4n) is 2.74. The lowest BCUT2D eigenvalue weighted by molar-refractivity contribution is 0.0690. The molecule has 2 heterocycles. The van der Waals surface area contributed by atoms with Crippen LogP contribution < -0.4 is 4.74 Å². The number of hydrogen-bond donors (Lipinski definition) is 0. The molecule has 1 saturated heterocycles. The summed E-state index contributed by atoms with van der Waals surface area (Å²) in [7, 11) is 0. The zero-order valence-corrected chi connectivity index (χ0v) is 13.7. The molecule has 0 unspecified atom stereocenters. The largest absolute Gasteiger partial charge is 0.487 e. The molecule has 0 atom stereocenters. The van der Waals surface area contributed by atoms with E-state index in [0.29, 0.717) is 23.1 Å². The molecule has 0 spiro atoms. The minimum absolute atomic E-state index is 0.0227. The van der Waals surface area contributed by atoms with Crippen molar-refractivity contribution in [2.24, 2.45) is 5.92 Å². The molecule has 0 aliphatic carbocycles. The molecule has 4 nitrogen and oxygen atoms in total. The summed E-state index contributed by atoms with van der Waals surface area (Å²) in [5.74, 6) is 0.923. The van der Waals surface area contributed by atoms with Gasteiger partial charge in [0.25, 0.3) is 5.91 Å². The van der Waals surface area contributed by atoms with E-state index in [1.165, 1.54) is 12.1 Å². The van der Waals surface area contributed by atoms with Gasteiger partial charge in [0, 0.05) is 13.1 Å². The summed E-state index contributed by atoms with van der Waals surface area (Å²) in [6.45, 7) is 4.03. The van der Waals surface area contributed by atoms with E-state index in [2.05, 4.69) is 11.9 Å². The number of piperidine rings is 1. The van der Waals surface area contributed by atoms with Crippen LogP contribution in [-0.4, -0.2) is 28.9 Å². The first kappa shape index (κ1) is 16.4. The Morgan fingerprint density at radius 3 is 2.62 bits per heavy atom. The van der Waals surface area contributed by atoms with E-state index in [1.807, 2.05) is 17.0 Å². The van der Waals surface area contributed by atoms with Crippen molar-refractivity contribution in [3.8, 4) is 5.75 Å². The molecule has 0 N–H and O–H groups in total. The first-order chi connectivity index (χ1) is 11.6. The van der Waals surface area contributed by atoms with Gasteiger partial charge in [-0.25, -0.2) is 9.37 Å². The number of amides is 1. The number of likely N-dealkylation sites (tertiary alicyclic amines) is 1. The number of halogens is 1. The highest BCUT2D eigenvalue weighted by Crippen LogP contribution is 2.18. The fraction of sp³-hybridized carbons (Fsp3) is 0.368. The predicted molar refractivity (Wildman–Crippen MR) is 89.3 cm³/mol. The van der Waals surface area contributed by atoms with Crippen molar-refractivity contribution in [2.45, 2.75) is 26.4 Å². The van der Waals surface area contributed by atoms with Gasteiger partial charge < -0.3 is 9.64 Å². The summed E-state index contributed by atoms with van der Waals surface area (Å²) in [6.07, 6.45) is 2.08. The van der Waals surface area contributed by atoms with E-state index in [-0.39, 0.29) is 18.3 Å². The van der Waals surface area contributed by atoms with E-state index in [0.717, 1.165) is 25.9 Å². The number of carbonyl (C=O) groups excluding carboxylic acids is 1. The zero-order valence-electron chi connectivity index (χ0n) is 13.7. The van der Waals surface area contributed by atoms with Crippen LogP contribution in [-0.2, 0) is 6.61 Å². The Bertz CT molecular complexity index is 695. The highest BCUT2D eigenvalue weighted by molar-refractivity contribution is 5.92. The molecule has 3 rings (SSSR count). The van der Waals surface area contributed by atoms with Crippen molar-refractivity contribution in [1.82, 2.24) is 9.88 Å². The monoisotopic (exact) mass is 328 g/mol. The molecule has 0 bridgehead atoms. The molecule has 1 amide bonds. The topological polar surface area (TPSA) is 42.4 Å². The summed E-state index contributed by atoms with van der Waals surface area (Å²) >= 11 is 0. The SMILES string of the molecule is CC1CCN(C(=O)c2cccc(COc3ccc(F)cc3)n2)CC1. The molecule has 2 aromatic rings. The van der Waals surface area contributed by atoms with Crippen molar-refractivity contribution < 1.29 is 13.9 Å². The van der Waals surface area contributed by atoms with Crippen molar-refractivity contribution >= 4 is 5.91 Å². The van der Waals surface area contributed by atoms with Crippen LogP contribution in [0.1, 0.15) is 35.9 Å². The van der Waals surface area contributed by atoms with Crippen LogP contribution in [0.4, 0.5) is 4.39 Å². The Labute approximate surface area is 141 Å². The molecule has 1 aliphatic rings. The molecule has 0 saturated carbocycles. The average molecular weight is 328 g/mol. The molecule has 1 aromatic carbocycles. The van der Waals surface area contributed by atoms with Gasteiger partial charge in [0.2, 0.25) is 0 Å². The standard InChI is InChI=1S/C19H21FN2O2/c1-14-9-11-22(12-10-14)19(23)18-4-2-3-16(21-18)13-24-17-7-5-15(20)6-8-17/h2-8,14H,9-13H2,1H3. The first-order valence-corrected chi connectivity index (χ1v) is 8.25. The van der Waals surface area contributed by atoms with Gasteiger partial charge in [-0.2, -0.15) is 0 Å². The van der Waals surface area contributed by atoms with Crippen LogP contribution in [0.3, 0.4) is 0 Å². The number of carbonyl (C=O) groups is 1. The van der Waals surface area contributed by atoms with Gasteiger partial charge in [-0.05, 0) is 55.2 Å². The van der Waals surface area contributed by atoms with Crippen LogP contribution in [0.25, 0.3) is 0 Å². The highest BCUT2D eigenvalue weighted by atomic mass is 19.1. The summed E-state index contributed by atoms with van der Waals surface area (Å²) in [6, 6.07) is 11.2. The Hall–Kier alpha value is -2.43. The van der Waals surface area contributed by atoms with Gasteiger partial charge in [0.15, 0.2) is 0 Å². The summed E-state index contributed by atoms with van der Waals surface area (Å²) in [5.41, 5.74) is 1.13. The maximum atomic E-state index is 12.9. The molecule has 126 valence electrons. The minimum atomic E-state index is -0.302. The lowest BCUT2D eigenvalue weighted by Crippen LogP contribution is -2.38.